The maximum Gasteiger partial charge on any atom is 0.240 e. The lowest BCUT2D eigenvalue weighted by molar-refractivity contribution is 0.490. The van der Waals surface area contributed by atoms with Crippen molar-refractivity contribution in [2.75, 3.05) is 0 Å². The van der Waals surface area contributed by atoms with Crippen molar-refractivity contribution in [3.05, 3.63) is 137 Å². The molecule has 4 aromatic carbocycles. The Morgan fingerprint density at radius 3 is 1.64 bits per heavy atom. The molecule has 0 amide bonds. The average Bonchev–Trinajstić information content (AvgIpc) is 3.21. The molecule has 0 aromatic heterocycles. The Balaban J connectivity index is 1.32. The molecule has 0 unspecified atom stereocenters. The van der Waals surface area contributed by atoms with Crippen LogP contribution in [0.4, 0.5) is 0 Å². The summed E-state index contributed by atoms with van der Waals surface area (Å²) >= 11 is 0. The Labute approximate surface area is 212 Å². The molecule has 1 aliphatic rings. The highest BCUT2D eigenvalue weighted by Crippen LogP contribution is 2.22. The second-order valence-corrected chi connectivity index (χ2v) is 11.2. The van der Waals surface area contributed by atoms with Crippen LogP contribution in [-0.4, -0.2) is 20.1 Å². The van der Waals surface area contributed by atoms with E-state index >= 15 is 0 Å². The fraction of sp³-hybridized carbons (Fsp3) is 0.200. The molecule has 0 bridgehead atoms. The van der Waals surface area contributed by atoms with E-state index in [1.54, 1.807) is 12.1 Å². The number of nitrogens with one attached hydrogen (secondary N) is 1. The molecule has 0 spiro atoms. The van der Waals surface area contributed by atoms with Crippen molar-refractivity contribution in [1.29, 1.82) is 0 Å². The Hall–Kier alpha value is -3.61. The Bertz CT molecular complexity index is 1480. The Kier molecular flexibility index (Phi) is 6.81. The van der Waals surface area contributed by atoms with Gasteiger partial charge in [0.2, 0.25) is 10.0 Å². The lowest BCUT2D eigenvalue weighted by atomic mass is 10.00. The molecule has 0 saturated carbocycles. The van der Waals surface area contributed by atoms with Crippen molar-refractivity contribution >= 4 is 10.0 Å². The summed E-state index contributed by atoms with van der Waals surface area (Å²) in [6.07, 6.45) is 1.81. The summed E-state index contributed by atoms with van der Waals surface area (Å²) in [7, 11) is -3.70. The summed E-state index contributed by atoms with van der Waals surface area (Å²) in [6.45, 7) is 2.00. The first-order chi connectivity index (χ1) is 17.4. The molecule has 0 radical (unpaired) electrons. The van der Waals surface area contributed by atoms with E-state index in [1.165, 1.54) is 0 Å². The Morgan fingerprint density at radius 1 is 0.667 bits per heavy atom. The van der Waals surface area contributed by atoms with Gasteiger partial charge in [0.15, 0.2) is 5.66 Å². The van der Waals surface area contributed by atoms with Gasteiger partial charge in [-0.1, -0.05) is 84.9 Å². The molecule has 6 heteroatoms. The van der Waals surface area contributed by atoms with E-state index in [9.17, 15) is 8.42 Å². The predicted octanol–water partition coefficient (Wildman–Crippen LogP) is 4.03. The van der Waals surface area contributed by atoms with E-state index < -0.39 is 15.7 Å². The van der Waals surface area contributed by atoms with Crippen LogP contribution in [0.15, 0.2) is 124 Å². The van der Waals surface area contributed by atoms with E-state index in [4.69, 9.17) is 9.98 Å². The van der Waals surface area contributed by atoms with Crippen molar-refractivity contribution in [2.45, 2.75) is 42.8 Å². The van der Waals surface area contributed by atoms with E-state index in [0.717, 1.165) is 27.4 Å². The zero-order valence-electron chi connectivity index (χ0n) is 20.2. The van der Waals surface area contributed by atoms with Crippen LogP contribution in [0, 0.1) is 0 Å². The summed E-state index contributed by atoms with van der Waals surface area (Å²) in [5.41, 5.74) is 2.59. The van der Waals surface area contributed by atoms with Crippen LogP contribution in [-0.2, 0) is 29.3 Å². The average molecular weight is 496 g/mol. The van der Waals surface area contributed by atoms with Crippen LogP contribution in [0.25, 0.3) is 0 Å². The van der Waals surface area contributed by atoms with Crippen molar-refractivity contribution in [3.63, 3.8) is 0 Å². The van der Waals surface area contributed by atoms with Gasteiger partial charge in [0.25, 0.3) is 0 Å². The van der Waals surface area contributed by atoms with Crippen molar-refractivity contribution in [2.24, 2.45) is 9.98 Å². The topological polar surface area (TPSA) is 70.9 Å². The number of fused-ring (bicyclic) bond motifs is 1. The standard InChI is InChI=1S/C30H29N3O2S/c1-30(31-28-14-8-9-15-29(28)32-30)22-25-16-18-27(19-17-25)36(34,35)33-26(20-23-10-4-2-5-11-23)21-24-12-6-3-7-13-24/h2-19,26,33H,20-22H2,1H3. The highest BCUT2D eigenvalue weighted by molar-refractivity contribution is 7.89. The summed E-state index contributed by atoms with van der Waals surface area (Å²) in [5, 5.41) is 1.79. The maximum absolute atomic E-state index is 13.3. The molecule has 1 heterocycles. The van der Waals surface area contributed by atoms with Gasteiger partial charge < -0.3 is 0 Å². The zero-order chi connectivity index (χ0) is 25.0. The minimum absolute atomic E-state index is 0.256. The monoisotopic (exact) mass is 495 g/mol. The molecule has 36 heavy (non-hydrogen) atoms. The second-order valence-electron chi connectivity index (χ2n) is 9.45. The molecule has 0 aliphatic carbocycles. The highest BCUT2D eigenvalue weighted by atomic mass is 32.2. The maximum atomic E-state index is 13.3. The van der Waals surface area contributed by atoms with Gasteiger partial charge in [-0.3, -0.25) is 9.98 Å². The van der Waals surface area contributed by atoms with E-state index in [-0.39, 0.29) is 10.9 Å². The van der Waals surface area contributed by atoms with Crippen LogP contribution in [0.2, 0.25) is 0 Å². The Morgan fingerprint density at radius 2 is 1.14 bits per heavy atom. The molecule has 0 atom stereocenters. The van der Waals surface area contributed by atoms with Crippen LogP contribution < -0.4 is 15.4 Å². The molecular weight excluding hydrogens is 466 g/mol. The molecule has 1 N–H and O–H groups in total. The first-order valence-electron chi connectivity index (χ1n) is 12.1. The van der Waals surface area contributed by atoms with E-state index in [1.807, 2.05) is 104 Å². The number of hydrogen-bond donors (Lipinski definition) is 1. The van der Waals surface area contributed by atoms with Crippen LogP contribution in [0.5, 0.6) is 0 Å². The quantitative estimate of drug-likeness (QED) is 0.381. The number of nitrogens with zero attached hydrogens (tertiary/aromatic N) is 2. The van der Waals surface area contributed by atoms with Crippen LogP contribution in [0.3, 0.4) is 0 Å². The summed E-state index contributed by atoms with van der Waals surface area (Å²) in [5.74, 6) is 0. The zero-order valence-corrected chi connectivity index (χ0v) is 21.0. The smallest absolute Gasteiger partial charge is 0.240 e. The van der Waals surface area contributed by atoms with Gasteiger partial charge in [-0.25, -0.2) is 13.1 Å². The normalized spacial score (nSPS) is 14.2. The number of hydrogen-bond acceptors (Lipinski definition) is 4. The van der Waals surface area contributed by atoms with Crippen molar-refractivity contribution in [3.8, 4) is 0 Å². The largest absolute Gasteiger partial charge is 0.253 e. The molecular formula is C30H29N3O2S. The SMILES string of the molecule is CC1(Cc2ccc(S(=O)(=O)NC(Cc3ccccc3)Cc3ccccc3)cc2)N=c2ccccc2=N1. The minimum atomic E-state index is -3.70. The minimum Gasteiger partial charge on any atom is -0.253 e. The molecule has 0 saturated heterocycles. The second kappa shape index (κ2) is 10.2. The molecule has 5 nitrogen and oxygen atoms in total. The fourth-order valence-electron chi connectivity index (χ4n) is 4.69. The third-order valence-electron chi connectivity index (χ3n) is 6.35. The van der Waals surface area contributed by atoms with Gasteiger partial charge in [0, 0.05) is 12.5 Å². The van der Waals surface area contributed by atoms with Gasteiger partial charge >= 0.3 is 0 Å². The molecule has 4 aromatic rings. The van der Waals surface area contributed by atoms with E-state index in [0.29, 0.717) is 19.3 Å². The summed E-state index contributed by atoms with van der Waals surface area (Å²) in [4.78, 5) is 9.80. The number of rotatable bonds is 9. The molecule has 1 aliphatic heterocycles. The lowest BCUT2D eigenvalue weighted by Gasteiger charge is -2.20. The third kappa shape index (κ3) is 5.78. The molecule has 0 fully saturated rings. The summed E-state index contributed by atoms with van der Waals surface area (Å²) < 4.78 is 29.6. The summed E-state index contributed by atoms with van der Waals surface area (Å²) in [6, 6.07) is 34.6. The third-order valence-corrected chi connectivity index (χ3v) is 7.89. The van der Waals surface area contributed by atoms with Crippen molar-refractivity contribution < 1.29 is 8.42 Å². The van der Waals surface area contributed by atoms with Crippen molar-refractivity contribution in [1.82, 2.24) is 4.72 Å². The number of para-hydroxylation sites is 2. The van der Waals surface area contributed by atoms with Crippen LogP contribution >= 0.6 is 0 Å². The van der Waals surface area contributed by atoms with Gasteiger partial charge in [0.1, 0.15) is 0 Å². The fourth-order valence-corrected chi connectivity index (χ4v) is 5.93. The van der Waals surface area contributed by atoms with Gasteiger partial charge in [-0.15, -0.1) is 0 Å². The van der Waals surface area contributed by atoms with Gasteiger partial charge in [-0.05, 0) is 60.7 Å². The van der Waals surface area contributed by atoms with Crippen LogP contribution in [0.1, 0.15) is 23.6 Å². The van der Waals surface area contributed by atoms with Gasteiger partial charge in [-0.2, -0.15) is 0 Å². The molecule has 182 valence electrons. The first kappa shape index (κ1) is 24.1. The lowest BCUT2D eigenvalue weighted by Crippen LogP contribution is -2.38. The van der Waals surface area contributed by atoms with E-state index in [2.05, 4.69) is 4.72 Å². The highest BCUT2D eigenvalue weighted by Gasteiger charge is 2.26. The first-order valence-corrected chi connectivity index (χ1v) is 13.6. The molecule has 5 rings (SSSR count). The number of sulfonamides is 1. The number of benzene rings is 4. The van der Waals surface area contributed by atoms with Gasteiger partial charge in [0.05, 0.1) is 15.6 Å². The predicted molar refractivity (Wildman–Crippen MR) is 142 cm³/mol.